The Kier molecular flexibility index (Phi) is 7.20. The van der Waals surface area contributed by atoms with E-state index < -0.39 is 29.9 Å². The predicted molar refractivity (Wildman–Crippen MR) is 119 cm³/mol. The van der Waals surface area contributed by atoms with Crippen molar-refractivity contribution in [1.82, 2.24) is 0 Å². The number of benzene rings is 2. The number of ether oxygens (including phenoxy) is 5. The van der Waals surface area contributed by atoms with Crippen molar-refractivity contribution in [2.24, 2.45) is 0 Å². The minimum atomic E-state index is -1.32. The van der Waals surface area contributed by atoms with Gasteiger partial charge in [-0.1, -0.05) is 40.8 Å². The van der Waals surface area contributed by atoms with Crippen LogP contribution in [0.2, 0.25) is 0 Å². The Morgan fingerprint density at radius 1 is 1.00 bits per heavy atom. The minimum Gasteiger partial charge on any atom is -0.497 e. The molecule has 30 heavy (non-hydrogen) atoms. The molecule has 1 aliphatic rings. The van der Waals surface area contributed by atoms with Gasteiger partial charge in [-0.25, -0.2) is 9.59 Å². The maximum absolute atomic E-state index is 12.5. The van der Waals surface area contributed by atoms with Crippen LogP contribution in [0.4, 0.5) is 0 Å². The molecule has 0 radical (unpaired) electrons. The number of hydrogen-bond donors (Lipinski definition) is 0. The monoisotopic (exact) mass is 528 g/mol. The lowest BCUT2D eigenvalue weighted by Crippen LogP contribution is -2.39. The Labute approximate surface area is 189 Å². The molecule has 1 aliphatic heterocycles. The third-order valence-corrected chi connectivity index (χ3v) is 5.71. The van der Waals surface area contributed by atoms with E-state index in [2.05, 4.69) is 22.6 Å². The van der Waals surface area contributed by atoms with Crippen LogP contribution in [0.5, 0.6) is 5.75 Å². The molecule has 7 nitrogen and oxygen atoms in total. The van der Waals surface area contributed by atoms with Gasteiger partial charge in [-0.15, -0.1) is 0 Å². The highest BCUT2D eigenvalue weighted by molar-refractivity contribution is 14.1. The van der Waals surface area contributed by atoms with E-state index in [1.54, 1.807) is 21.0 Å². The lowest BCUT2D eigenvalue weighted by molar-refractivity contribution is -0.192. The second kappa shape index (κ2) is 9.49. The lowest BCUT2D eigenvalue weighted by atomic mass is 9.99. The quantitative estimate of drug-likeness (QED) is 0.308. The van der Waals surface area contributed by atoms with Crippen LogP contribution in [0, 0.1) is 0 Å². The molecular weight excluding hydrogens is 503 g/mol. The summed E-state index contributed by atoms with van der Waals surface area (Å²) in [5.41, 5.74) is 0.697. The summed E-state index contributed by atoms with van der Waals surface area (Å²) in [7, 11) is 1.62. The summed E-state index contributed by atoms with van der Waals surface area (Å²) in [4.78, 5) is 25.1. The molecule has 2 aromatic rings. The molecule has 0 aromatic heterocycles. The first kappa shape index (κ1) is 22.8. The summed E-state index contributed by atoms with van der Waals surface area (Å²) in [6, 6.07) is 11.5. The number of alkyl halides is 1. The average molecular weight is 528 g/mol. The summed E-state index contributed by atoms with van der Waals surface area (Å²) in [6.45, 7) is 5.62. The van der Waals surface area contributed by atoms with Crippen LogP contribution in [-0.2, 0) is 34.3 Å². The molecule has 1 unspecified atom stereocenters. The van der Waals surface area contributed by atoms with Gasteiger partial charge in [-0.2, -0.15) is 0 Å². The molecule has 0 amide bonds. The maximum atomic E-state index is 12.5. The van der Waals surface area contributed by atoms with Gasteiger partial charge in [0, 0.05) is 5.56 Å². The third kappa shape index (κ3) is 4.26. The molecule has 162 valence electrons. The molecule has 0 aliphatic carbocycles. The SMILES string of the molecule is CCOC(=O)[C@@H]1OC(c2ccc3cc(OC)ccc3c2)(C(C)I)O[C@H]1C(=O)OCC. The molecule has 0 spiro atoms. The zero-order valence-corrected chi connectivity index (χ0v) is 19.5. The molecule has 1 heterocycles. The summed E-state index contributed by atoms with van der Waals surface area (Å²) in [5, 5.41) is 1.93. The molecular formula is C22H25IO7. The number of halogens is 1. The molecule has 8 heteroatoms. The summed E-state index contributed by atoms with van der Waals surface area (Å²) in [6.07, 6.45) is -2.43. The van der Waals surface area contributed by atoms with E-state index in [0.29, 0.717) is 5.56 Å². The van der Waals surface area contributed by atoms with Crippen molar-refractivity contribution >= 4 is 45.3 Å². The number of hydrogen-bond acceptors (Lipinski definition) is 7. The first-order chi connectivity index (χ1) is 14.4. The highest BCUT2D eigenvalue weighted by atomic mass is 127. The van der Waals surface area contributed by atoms with Crippen molar-refractivity contribution in [3.8, 4) is 5.75 Å². The van der Waals surface area contributed by atoms with E-state index >= 15 is 0 Å². The van der Waals surface area contributed by atoms with Gasteiger partial charge < -0.3 is 23.7 Å². The second-order valence-corrected chi connectivity index (χ2v) is 8.66. The van der Waals surface area contributed by atoms with Crippen LogP contribution in [0.25, 0.3) is 10.8 Å². The van der Waals surface area contributed by atoms with E-state index in [4.69, 9.17) is 23.7 Å². The Balaban J connectivity index is 2.05. The standard InChI is InChI=1S/C22H25IO7/c1-5-27-20(24)18-19(21(25)28-6-2)30-22(29-18,13(3)23)16-9-7-15-12-17(26-4)10-8-14(15)11-16/h7-13,18-19H,5-6H2,1-4H3/t13?,18-,19-/m1/s1. The second-order valence-electron chi connectivity index (χ2n) is 6.79. The van der Waals surface area contributed by atoms with Gasteiger partial charge in [-0.3, -0.25) is 0 Å². The summed E-state index contributed by atoms with van der Waals surface area (Å²) in [5.74, 6) is -1.87. The number of methoxy groups -OCH3 is 1. The number of fused-ring (bicyclic) bond motifs is 1. The highest BCUT2D eigenvalue weighted by Gasteiger charge is 2.57. The van der Waals surface area contributed by atoms with Gasteiger partial charge in [0.2, 0.25) is 5.79 Å². The largest absolute Gasteiger partial charge is 0.497 e. The molecule has 0 saturated carbocycles. The van der Waals surface area contributed by atoms with Crippen molar-refractivity contribution < 1.29 is 33.3 Å². The van der Waals surface area contributed by atoms with Crippen LogP contribution >= 0.6 is 22.6 Å². The van der Waals surface area contributed by atoms with Gasteiger partial charge in [0.1, 0.15) is 5.75 Å². The predicted octanol–water partition coefficient (Wildman–Crippen LogP) is 3.73. The van der Waals surface area contributed by atoms with Gasteiger partial charge in [0.05, 0.1) is 24.2 Å². The Morgan fingerprint density at radius 2 is 1.53 bits per heavy atom. The van der Waals surface area contributed by atoms with Crippen LogP contribution in [0.1, 0.15) is 26.3 Å². The van der Waals surface area contributed by atoms with E-state index in [-0.39, 0.29) is 17.1 Å². The van der Waals surface area contributed by atoms with E-state index in [9.17, 15) is 9.59 Å². The van der Waals surface area contributed by atoms with Gasteiger partial charge in [0.15, 0.2) is 12.2 Å². The minimum absolute atomic E-state index is 0.166. The van der Waals surface area contributed by atoms with E-state index in [1.165, 1.54) is 0 Å². The van der Waals surface area contributed by atoms with E-state index in [1.807, 2.05) is 43.3 Å². The van der Waals surface area contributed by atoms with Gasteiger partial charge >= 0.3 is 11.9 Å². The molecule has 2 aromatic carbocycles. The van der Waals surface area contributed by atoms with Gasteiger partial charge in [-0.05, 0) is 49.7 Å². The number of esters is 2. The number of carbonyl (C=O) groups is 2. The average Bonchev–Trinajstić information content (AvgIpc) is 3.16. The van der Waals surface area contributed by atoms with Crippen molar-refractivity contribution in [1.29, 1.82) is 0 Å². The zero-order valence-electron chi connectivity index (χ0n) is 17.3. The van der Waals surface area contributed by atoms with Crippen molar-refractivity contribution in [3.63, 3.8) is 0 Å². The molecule has 1 fully saturated rings. The van der Waals surface area contributed by atoms with E-state index in [0.717, 1.165) is 16.5 Å². The first-order valence-corrected chi connectivity index (χ1v) is 11.0. The normalized spacial score (nSPS) is 21.2. The van der Waals surface area contributed by atoms with Crippen LogP contribution < -0.4 is 4.74 Å². The summed E-state index contributed by atoms with van der Waals surface area (Å²) < 4.78 is 27.6. The fourth-order valence-electron chi connectivity index (χ4n) is 3.44. The first-order valence-electron chi connectivity index (χ1n) is 9.77. The van der Waals surface area contributed by atoms with Crippen molar-refractivity contribution in [3.05, 3.63) is 42.0 Å². The topological polar surface area (TPSA) is 80.3 Å². The Morgan fingerprint density at radius 3 is 2.03 bits per heavy atom. The maximum Gasteiger partial charge on any atom is 0.338 e. The number of carbonyl (C=O) groups excluding carboxylic acids is 2. The molecule has 3 rings (SSSR count). The van der Waals surface area contributed by atoms with Crippen molar-refractivity contribution in [2.75, 3.05) is 20.3 Å². The zero-order chi connectivity index (χ0) is 21.9. The fraction of sp³-hybridized carbons (Fsp3) is 0.455. The third-order valence-electron chi connectivity index (χ3n) is 4.89. The van der Waals surface area contributed by atoms with Gasteiger partial charge in [0.25, 0.3) is 0 Å². The Hall–Kier alpha value is -1.91. The van der Waals surface area contributed by atoms with Crippen LogP contribution in [-0.4, -0.2) is 48.4 Å². The van der Waals surface area contributed by atoms with Crippen molar-refractivity contribution in [2.45, 2.75) is 42.7 Å². The smallest absolute Gasteiger partial charge is 0.338 e. The number of rotatable bonds is 7. The molecule has 0 N–H and O–H groups in total. The fourth-order valence-corrected chi connectivity index (χ4v) is 4.09. The van der Waals surface area contributed by atoms with Crippen LogP contribution in [0.3, 0.4) is 0 Å². The van der Waals surface area contributed by atoms with Crippen LogP contribution in [0.15, 0.2) is 36.4 Å². The summed E-state index contributed by atoms with van der Waals surface area (Å²) >= 11 is 2.17. The molecule has 1 saturated heterocycles. The lowest BCUT2D eigenvalue weighted by Gasteiger charge is -2.31. The highest BCUT2D eigenvalue weighted by Crippen LogP contribution is 2.45. The molecule has 0 bridgehead atoms. The Bertz CT molecular complexity index is 901. The molecule has 3 atom stereocenters.